The first-order valence-corrected chi connectivity index (χ1v) is 9.26. The molecule has 6 nitrogen and oxygen atoms in total. The molecule has 1 aliphatic carbocycles. The van der Waals surface area contributed by atoms with E-state index in [1.807, 2.05) is 24.3 Å². The van der Waals surface area contributed by atoms with Gasteiger partial charge in [-0.05, 0) is 30.5 Å². The van der Waals surface area contributed by atoms with E-state index in [4.69, 9.17) is 4.74 Å². The highest BCUT2D eigenvalue weighted by Crippen LogP contribution is 2.22. The van der Waals surface area contributed by atoms with Crippen LogP contribution in [0.4, 0.5) is 0 Å². The van der Waals surface area contributed by atoms with Crippen LogP contribution in [0.2, 0.25) is 0 Å². The van der Waals surface area contributed by atoms with Gasteiger partial charge in [0.2, 0.25) is 11.8 Å². The first-order chi connectivity index (χ1) is 11.6. The molecule has 1 aliphatic heterocycles. The summed E-state index contributed by atoms with van der Waals surface area (Å²) in [6.07, 6.45) is 2.83. The average Bonchev–Trinajstić information content (AvgIpc) is 3.36. The molecule has 1 heterocycles. The molecule has 2 unspecified atom stereocenters. The summed E-state index contributed by atoms with van der Waals surface area (Å²) in [5.74, 6) is 1.58. The van der Waals surface area contributed by atoms with E-state index in [1.54, 1.807) is 18.9 Å². The van der Waals surface area contributed by atoms with Gasteiger partial charge in [0.1, 0.15) is 11.2 Å². The van der Waals surface area contributed by atoms with Crippen LogP contribution in [0.5, 0.6) is 5.75 Å². The van der Waals surface area contributed by atoms with E-state index in [2.05, 4.69) is 16.0 Å². The van der Waals surface area contributed by atoms with Crippen LogP contribution in [-0.2, 0) is 15.3 Å². The van der Waals surface area contributed by atoms with Crippen LogP contribution in [-0.4, -0.2) is 36.5 Å². The molecular weight excluding hydrogens is 326 g/mol. The van der Waals surface area contributed by atoms with Crippen molar-refractivity contribution >= 4 is 23.6 Å². The monoisotopic (exact) mass is 349 g/mol. The number of hydrogen-bond acceptors (Lipinski definition) is 5. The number of carbonyl (C=O) groups excluding carboxylic acids is 2. The molecular formula is C17H23N3O3S. The second-order valence-electron chi connectivity index (χ2n) is 6.22. The lowest BCUT2D eigenvalue weighted by Gasteiger charge is -2.31. The predicted molar refractivity (Wildman–Crippen MR) is 93.5 cm³/mol. The van der Waals surface area contributed by atoms with E-state index in [-0.39, 0.29) is 23.4 Å². The Morgan fingerprint density at radius 2 is 2.25 bits per heavy atom. The van der Waals surface area contributed by atoms with Crippen LogP contribution in [0.25, 0.3) is 0 Å². The molecule has 1 saturated carbocycles. The van der Waals surface area contributed by atoms with Gasteiger partial charge in [0.25, 0.3) is 0 Å². The van der Waals surface area contributed by atoms with Gasteiger partial charge in [-0.15, -0.1) is 11.8 Å². The quantitative estimate of drug-likeness (QED) is 0.693. The molecule has 0 radical (unpaired) electrons. The Labute approximate surface area is 146 Å². The summed E-state index contributed by atoms with van der Waals surface area (Å²) >= 11 is 1.60. The second-order valence-corrected chi connectivity index (χ2v) is 7.32. The van der Waals surface area contributed by atoms with Crippen molar-refractivity contribution in [2.45, 2.75) is 49.0 Å². The van der Waals surface area contributed by atoms with Gasteiger partial charge >= 0.3 is 0 Å². The minimum absolute atomic E-state index is 0.0129. The van der Waals surface area contributed by atoms with Crippen molar-refractivity contribution in [3.8, 4) is 5.75 Å². The zero-order valence-electron chi connectivity index (χ0n) is 13.7. The zero-order chi connectivity index (χ0) is 16.9. The molecule has 1 saturated heterocycles. The molecule has 3 rings (SSSR count). The van der Waals surface area contributed by atoms with Crippen LogP contribution in [0.1, 0.15) is 31.2 Å². The van der Waals surface area contributed by atoms with Crippen molar-refractivity contribution < 1.29 is 14.3 Å². The lowest BCUT2D eigenvalue weighted by atomic mass is 10.1. The van der Waals surface area contributed by atoms with E-state index < -0.39 is 0 Å². The number of methoxy groups -OCH3 is 1. The molecule has 0 aromatic heterocycles. The van der Waals surface area contributed by atoms with Crippen LogP contribution in [0, 0.1) is 0 Å². The number of hydrogen-bond donors (Lipinski definition) is 3. The molecule has 2 aliphatic rings. The second kappa shape index (κ2) is 7.90. The maximum Gasteiger partial charge on any atom is 0.223 e. The first kappa shape index (κ1) is 17.1. The Morgan fingerprint density at radius 3 is 3.00 bits per heavy atom. The smallest absolute Gasteiger partial charge is 0.223 e. The molecule has 1 aromatic rings. The summed E-state index contributed by atoms with van der Waals surface area (Å²) in [4.78, 5) is 23.8. The lowest BCUT2D eigenvalue weighted by molar-refractivity contribution is -0.125. The topological polar surface area (TPSA) is 79.5 Å². The van der Waals surface area contributed by atoms with E-state index >= 15 is 0 Å². The lowest BCUT2D eigenvalue weighted by Crippen LogP contribution is -2.55. The predicted octanol–water partition coefficient (Wildman–Crippen LogP) is 1.36. The molecule has 0 bridgehead atoms. The van der Waals surface area contributed by atoms with Gasteiger partial charge in [-0.1, -0.05) is 12.1 Å². The summed E-state index contributed by atoms with van der Waals surface area (Å²) < 4.78 is 5.22. The number of benzene rings is 1. The largest absolute Gasteiger partial charge is 0.497 e. The van der Waals surface area contributed by atoms with Gasteiger partial charge in [0.15, 0.2) is 0 Å². The van der Waals surface area contributed by atoms with Gasteiger partial charge in [0, 0.05) is 30.7 Å². The fraction of sp³-hybridized carbons (Fsp3) is 0.529. The number of carbonyl (C=O) groups is 2. The van der Waals surface area contributed by atoms with Gasteiger partial charge in [-0.25, -0.2) is 0 Å². The van der Waals surface area contributed by atoms with Gasteiger partial charge < -0.3 is 15.4 Å². The number of rotatable bonds is 7. The van der Waals surface area contributed by atoms with E-state index in [1.165, 1.54) is 0 Å². The Morgan fingerprint density at radius 1 is 1.42 bits per heavy atom. The Kier molecular flexibility index (Phi) is 5.63. The third-order valence-corrected chi connectivity index (χ3v) is 5.12. The normalized spacial score (nSPS) is 23.5. The van der Waals surface area contributed by atoms with E-state index in [0.717, 1.165) is 29.9 Å². The summed E-state index contributed by atoms with van der Waals surface area (Å²) in [5.41, 5.74) is 0.945. The van der Waals surface area contributed by atoms with Crippen molar-refractivity contribution in [2.24, 2.45) is 0 Å². The summed E-state index contributed by atoms with van der Waals surface area (Å²) in [5, 5.41) is 9.24. The molecule has 2 amide bonds. The molecule has 2 fully saturated rings. The Bertz CT molecular complexity index is 606. The highest BCUT2D eigenvalue weighted by atomic mass is 32.2. The van der Waals surface area contributed by atoms with Gasteiger partial charge in [-0.3, -0.25) is 14.9 Å². The average molecular weight is 349 g/mol. The van der Waals surface area contributed by atoms with Crippen molar-refractivity contribution in [1.29, 1.82) is 0 Å². The minimum atomic E-state index is -0.184. The Balaban J connectivity index is 1.49. The third-order valence-electron chi connectivity index (χ3n) is 4.04. The Hall–Kier alpha value is -1.73. The highest BCUT2D eigenvalue weighted by Gasteiger charge is 2.29. The van der Waals surface area contributed by atoms with Crippen LogP contribution >= 0.6 is 11.8 Å². The molecule has 2 atom stereocenters. The van der Waals surface area contributed by atoms with Crippen molar-refractivity contribution in [2.75, 3.05) is 7.11 Å². The fourth-order valence-corrected chi connectivity index (χ4v) is 3.69. The molecule has 0 spiro atoms. The van der Waals surface area contributed by atoms with Crippen molar-refractivity contribution in [1.82, 2.24) is 16.0 Å². The molecule has 3 N–H and O–H groups in total. The van der Waals surface area contributed by atoms with Crippen LogP contribution < -0.4 is 20.7 Å². The van der Waals surface area contributed by atoms with Crippen molar-refractivity contribution in [3.05, 3.63) is 29.8 Å². The van der Waals surface area contributed by atoms with Crippen LogP contribution in [0.3, 0.4) is 0 Å². The van der Waals surface area contributed by atoms with E-state index in [9.17, 15) is 9.59 Å². The maximum absolute atomic E-state index is 11.9. The number of thioether (sulfide) groups is 1. The summed E-state index contributed by atoms with van der Waals surface area (Å²) in [7, 11) is 1.65. The van der Waals surface area contributed by atoms with E-state index in [0.29, 0.717) is 18.9 Å². The molecule has 7 heteroatoms. The standard InChI is InChI=1S/C17H23N3O3S/c1-23-14-4-2-3-11(7-14)10-24-17-19-13(9-16(22)20-17)8-15(21)18-12-5-6-12/h2-4,7,12-13,17,19H,5-6,8-10H2,1H3,(H,18,21)(H,20,22). The van der Waals surface area contributed by atoms with Crippen LogP contribution in [0.15, 0.2) is 24.3 Å². The SMILES string of the molecule is COc1cccc(CSC2NC(=O)CC(CC(=O)NC3CC3)N2)c1. The fourth-order valence-electron chi connectivity index (χ4n) is 2.64. The molecule has 1 aromatic carbocycles. The zero-order valence-corrected chi connectivity index (χ0v) is 14.5. The van der Waals surface area contributed by atoms with Gasteiger partial charge in [0.05, 0.1) is 7.11 Å². The van der Waals surface area contributed by atoms with Crippen molar-refractivity contribution in [3.63, 3.8) is 0 Å². The molecule has 24 heavy (non-hydrogen) atoms. The minimum Gasteiger partial charge on any atom is -0.497 e. The maximum atomic E-state index is 11.9. The van der Waals surface area contributed by atoms with Gasteiger partial charge in [-0.2, -0.15) is 0 Å². The number of ether oxygens (including phenoxy) is 1. The summed E-state index contributed by atoms with van der Waals surface area (Å²) in [6, 6.07) is 8.11. The number of amides is 2. The number of nitrogens with one attached hydrogen (secondary N) is 3. The third kappa shape index (κ3) is 5.14. The highest BCUT2D eigenvalue weighted by molar-refractivity contribution is 7.99. The molecule has 130 valence electrons. The summed E-state index contributed by atoms with van der Waals surface area (Å²) in [6.45, 7) is 0. The first-order valence-electron chi connectivity index (χ1n) is 8.21.